The van der Waals surface area contributed by atoms with Crippen molar-refractivity contribution >= 4 is 28.5 Å². The predicted octanol–water partition coefficient (Wildman–Crippen LogP) is 0.651. The van der Waals surface area contributed by atoms with E-state index in [9.17, 15) is 18.8 Å². The van der Waals surface area contributed by atoms with Crippen molar-refractivity contribution < 1.29 is 14.0 Å². The molecular formula is C19H24FN5O3. The van der Waals surface area contributed by atoms with E-state index >= 15 is 0 Å². The van der Waals surface area contributed by atoms with Crippen molar-refractivity contribution in [1.82, 2.24) is 14.6 Å². The van der Waals surface area contributed by atoms with Gasteiger partial charge in [0.25, 0.3) is 0 Å². The number of carbonyl (C=O) groups is 2. The van der Waals surface area contributed by atoms with E-state index in [0.717, 1.165) is 15.4 Å². The van der Waals surface area contributed by atoms with Crippen LogP contribution in [0.4, 0.5) is 10.1 Å². The van der Waals surface area contributed by atoms with Gasteiger partial charge in [-0.1, -0.05) is 6.07 Å². The molecule has 0 aliphatic carbocycles. The molecule has 4 rings (SSSR count). The van der Waals surface area contributed by atoms with E-state index in [-0.39, 0.29) is 37.2 Å². The highest BCUT2D eigenvalue weighted by atomic mass is 19.1. The smallest absolute Gasteiger partial charge is 0.348 e. The van der Waals surface area contributed by atoms with E-state index in [0.29, 0.717) is 30.4 Å². The molecule has 9 heteroatoms. The minimum absolute atomic E-state index is 0.188. The van der Waals surface area contributed by atoms with Crippen LogP contribution in [0.2, 0.25) is 0 Å². The van der Waals surface area contributed by atoms with Crippen molar-refractivity contribution in [2.24, 2.45) is 7.05 Å². The summed E-state index contributed by atoms with van der Waals surface area (Å²) < 4.78 is 17.1. The van der Waals surface area contributed by atoms with Gasteiger partial charge in [0.15, 0.2) is 0 Å². The van der Waals surface area contributed by atoms with Crippen molar-refractivity contribution in [2.45, 2.75) is 37.9 Å². The third-order valence-electron chi connectivity index (χ3n) is 5.73. The minimum Gasteiger partial charge on any atom is -0.367 e. The van der Waals surface area contributed by atoms with Gasteiger partial charge in [0.05, 0.1) is 23.3 Å². The average Bonchev–Trinajstić information content (AvgIpc) is 2.93. The molecule has 2 aromatic rings. The zero-order valence-electron chi connectivity index (χ0n) is 16.0. The van der Waals surface area contributed by atoms with Crippen molar-refractivity contribution in [2.75, 3.05) is 30.0 Å². The molecular weight excluding hydrogens is 365 g/mol. The Hall–Kier alpha value is -2.68. The summed E-state index contributed by atoms with van der Waals surface area (Å²) in [6, 6.07) is 5.14. The summed E-state index contributed by atoms with van der Waals surface area (Å²) in [5.41, 5.74) is 1.33. The monoisotopic (exact) mass is 389 g/mol. The van der Waals surface area contributed by atoms with Gasteiger partial charge in [-0.05, 0) is 32.0 Å². The van der Waals surface area contributed by atoms with Crippen molar-refractivity contribution in [3.05, 3.63) is 28.7 Å². The first-order chi connectivity index (χ1) is 13.4. The first-order valence-electron chi connectivity index (χ1n) is 9.57. The Kier molecular flexibility index (Phi) is 4.70. The third kappa shape index (κ3) is 2.81. The van der Waals surface area contributed by atoms with Gasteiger partial charge in [-0.3, -0.25) is 14.2 Å². The lowest BCUT2D eigenvalue weighted by atomic mass is 10.0. The maximum Gasteiger partial charge on any atom is 0.348 e. The molecule has 0 bridgehead atoms. The highest BCUT2D eigenvalue weighted by Gasteiger charge is 2.33. The number of nitrogens with zero attached hydrogens (tertiary/aromatic N) is 4. The number of hydrogen-bond donors (Lipinski definition) is 1. The van der Waals surface area contributed by atoms with Gasteiger partial charge in [0, 0.05) is 32.5 Å². The molecule has 2 aliphatic heterocycles. The Balaban J connectivity index is 1.83. The molecule has 3 heterocycles. The summed E-state index contributed by atoms with van der Waals surface area (Å²) in [6.07, 6.45) is 0.576. The molecule has 150 valence electrons. The molecule has 2 unspecified atom stereocenters. The summed E-state index contributed by atoms with van der Waals surface area (Å²) in [4.78, 5) is 39.6. The molecule has 28 heavy (non-hydrogen) atoms. The number of para-hydroxylation sites is 1. The van der Waals surface area contributed by atoms with Crippen LogP contribution in [0.1, 0.15) is 25.7 Å². The number of nitrogens with one attached hydrogen (secondary N) is 1. The SMILES string of the molecule is CNC1CCN(c2cccc3c2n(C)c(=O)n3N2C(=O)CCCC2=O)CC1F. The zero-order valence-corrected chi connectivity index (χ0v) is 16.0. The number of rotatable bonds is 3. The Labute approximate surface area is 161 Å². The third-order valence-corrected chi connectivity index (χ3v) is 5.73. The second kappa shape index (κ2) is 7.05. The summed E-state index contributed by atoms with van der Waals surface area (Å²) in [5, 5.41) is 3.96. The maximum atomic E-state index is 14.5. The standard InChI is InChI=1S/C19H24FN5O3/c1-21-13-9-10-23(11-12(13)20)14-5-3-6-15-18(14)22(2)19(28)24(15)25-16(26)7-4-8-17(25)27/h3,5-6,12-13,21H,4,7-11H2,1-2H3. The number of halogens is 1. The van der Waals surface area contributed by atoms with Crippen LogP contribution in [-0.2, 0) is 16.6 Å². The van der Waals surface area contributed by atoms with Gasteiger partial charge < -0.3 is 10.2 Å². The Morgan fingerprint density at radius 2 is 1.86 bits per heavy atom. The van der Waals surface area contributed by atoms with Crippen LogP contribution >= 0.6 is 0 Å². The van der Waals surface area contributed by atoms with E-state index in [4.69, 9.17) is 0 Å². The number of amides is 2. The molecule has 2 saturated heterocycles. The molecule has 2 amide bonds. The second-order valence-electron chi connectivity index (χ2n) is 7.40. The van der Waals surface area contributed by atoms with Crippen LogP contribution in [0.5, 0.6) is 0 Å². The Morgan fingerprint density at radius 1 is 1.14 bits per heavy atom. The van der Waals surface area contributed by atoms with Crippen molar-refractivity contribution in [3.63, 3.8) is 0 Å². The summed E-state index contributed by atoms with van der Waals surface area (Å²) in [6.45, 7) is 0.859. The lowest BCUT2D eigenvalue weighted by Crippen LogP contribution is -2.52. The zero-order chi connectivity index (χ0) is 20.0. The van der Waals surface area contributed by atoms with E-state index in [1.807, 2.05) is 11.0 Å². The van der Waals surface area contributed by atoms with Crippen LogP contribution in [0.15, 0.2) is 23.0 Å². The van der Waals surface area contributed by atoms with Crippen LogP contribution in [-0.4, -0.2) is 53.4 Å². The number of piperidine rings is 2. The maximum absolute atomic E-state index is 14.5. The first-order valence-corrected chi connectivity index (χ1v) is 9.57. The normalized spacial score (nSPS) is 23.7. The fourth-order valence-corrected chi connectivity index (χ4v) is 4.24. The Morgan fingerprint density at radius 3 is 2.50 bits per heavy atom. The molecule has 0 spiro atoms. The summed E-state index contributed by atoms with van der Waals surface area (Å²) >= 11 is 0. The topological polar surface area (TPSA) is 79.6 Å². The first kappa shape index (κ1) is 18.7. The van der Waals surface area contributed by atoms with Crippen LogP contribution in [0.25, 0.3) is 11.0 Å². The molecule has 0 radical (unpaired) electrons. The number of anilines is 1. The van der Waals surface area contributed by atoms with Gasteiger partial charge in [-0.25, -0.2) is 9.18 Å². The number of benzene rings is 1. The largest absolute Gasteiger partial charge is 0.367 e. The van der Waals surface area contributed by atoms with Gasteiger partial charge >= 0.3 is 5.69 Å². The fraction of sp³-hybridized carbons (Fsp3) is 0.526. The average molecular weight is 389 g/mol. The number of fused-ring (bicyclic) bond motifs is 1. The molecule has 1 aromatic carbocycles. The minimum atomic E-state index is -1.03. The van der Waals surface area contributed by atoms with Crippen LogP contribution in [0, 0.1) is 0 Å². The number of hydrogen-bond acceptors (Lipinski definition) is 5. The number of imidazole rings is 1. The van der Waals surface area contributed by atoms with Crippen molar-refractivity contribution in [3.8, 4) is 0 Å². The van der Waals surface area contributed by atoms with E-state index in [1.165, 1.54) is 4.57 Å². The second-order valence-corrected chi connectivity index (χ2v) is 7.40. The summed E-state index contributed by atoms with van der Waals surface area (Å²) in [5.74, 6) is -0.759. The molecule has 2 fully saturated rings. The molecule has 8 nitrogen and oxygen atoms in total. The Bertz CT molecular complexity index is 981. The van der Waals surface area contributed by atoms with Gasteiger partial charge in [0.2, 0.25) is 11.8 Å². The predicted molar refractivity (Wildman–Crippen MR) is 104 cm³/mol. The highest BCUT2D eigenvalue weighted by Crippen LogP contribution is 2.29. The lowest BCUT2D eigenvalue weighted by molar-refractivity contribution is -0.131. The molecule has 2 aliphatic rings. The number of carbonyl (C=O) groups excluding carboxylic acids is 2. The number of alkyl halides is 1. The molecule has 2 atom stereocenters. The quantitative estimate of drug-likeness (QED) is 0.780. The van der Waals surface area contributed by atoms with E-state index in [1.54, 1.807) is 26.2 Å². The van der Waals surface area contributed by atoms with Gasteiger partial charge in [-0.2, -0.15) is 9.69 Å². The van der Waals surface area contributed by atoms with Crippen LogP contribution < -0.4 is 20.9 Å². The van der Waals surface area contributed by atoms with Crippen molar-refractivity contribution in [1.29, 1.82) is 0 Å². The highest BCUT2D eigenvalue weighted by molar-refractivity contribution is 6.11. The van der Waals surface area contributed by atoms with Gasteiger partial charge in [0.1, 0.15) is 6.17 Å². The van der Waals surface area contributed by atoms with E-state index in [2.05, 4.69) is 5.32 Å². The molecule has 0 saturated carbocycles. The number of aromatic nitrogens is 2. The molecule has 1 aromatic heterocycles. The number of aryl methyl sites for hydroxylation is 1. The van der Waals surface area contributed by atoms with E-state index < -0.39 is 11.9 Å². The molecule has 1 N–H and O–H groups in total. The summed E-state index contributed by atoms with van der Waals surface area (Å²) in [7, 11) is 3.36. The number of imide groups is 1. The van der Waals surface area contributed by atoms with Gasteiger partial charge in [-0.15, -0.1) is 0 Å². The fourth-order valence-electron chi connectivity index (χ4n) is 4.24. The van der Waals surface area contributed by atoms with Crippen LogP contribution in [0.3, 0.4) is 0 Å². The lowest BCUT2D eigenvalue weighted by Gasteiger charge is -2.36.